The van der Waals surface area contributed by atoms with Crippen LogP contribution in [-0.4, -0.2) is 42.2 Å². The van der Waals surface area contributed by atoms with E-state index in [1.165, 1.54) is 28.1 Å². The summed E-state index contributed by atoms with van der Waals surface area (Å²) >= 11 is 0. The first-order valence-electron chi connectivity index (χ1n) is 7.66. The van der Waals surface area contributed by atoms with Gasteiger partial charge in [0, 0.05) is 18.2 Å². The Morgan fingerprint density at radius 1 is 1.32 bits per heavy atom. The Hall–Kier alpha value is -3.30. The number of hydrogen-bond donors (Lipinski definition) is 1. The van der Waals surface area contributed by atoms with Crippen LogP contribution >= 0.6 is 0 Å². The topological polar surface area (TPSA) is 121 Å². The summed E-state index contributed by atoms with van der Waals surface area (Å²) in [5.41, 5.74) is 1.22. The number of aromatic nitrogens is 6. The smallest absolute Gasteiger partial charge is 0.266 e. The van der Waals surface area contributed by atoms with Crippen LogP contribution in [0, 0.1) is 13.8 Å². The molecular formula is C15H17N7O3. The molecule has 0 fully saturated rings. The van der Waals surface area contributed by atoms with Crippen LogP contribution in [-0.2, 0) is 17.8 Å². The van der Waals surface area contributed by atoms with Gasteiger partial charge in [0.05, 0.1) is 18.7 Å². The largest absolute Gasteiger partial charge is 0.361 e. The minimum atomic E-state index is -0.260. The van der Waals surface area contributed by atoms with E-state index in [0.29, 0.717) is 17.3 Å². The molecule has 0 aromatic carbocycles. The van der Waals surface area contributed by atoms with E-state index >= 15 is 0 Å². The Bertz CT molecular complexity index is 908. The second-order valence-corrected chi connectivity index (χ2v) is 5.42. The van der Waals surface area contributed by atoms with Gasteiger partial charge in [0.25, 0.3) is 5.56 Å². The van der Waals surface area contributed by atoms with Crippen molar-refractivity contribution in [1.82, 2.24) is 35.0 Å². The molecule has 0 spiro atoms. The first-order chi connectivity index (χ1) is 12.0. The molecule has 130 valence electrons. The third kappa shape index (κ3) is 3.79. The van der Waals surface area contributed by atoms with Crippen molar-refractivity contribution in [2.24, 2.45) is 0 Å². The maximum absolute atomic E-state index is 12.0. The van der Waals surface area contributed by atoms with Crippen LogP contribution in [0.25, 0.3) is 5.82 Å². The molecule has 0 unspecified atom stereocenters. The van der Waals surface area contributed by atoms with Crippen LogP contribution < -0.4 is 10.9 Å². The fraction of sp³-hybridized carbons (Fsp3) is 0.333. The number of carbonyl (C=O) groups is 1. The molecule has 1 amide bonds. The summed E-state index contributed by atoms with van der Waals surface area (Å²) < 4.78 is 7.76. The predicted molar refractivity (Wildman–Crippen MR) is 86.1 cm³/mol. The van der Waals surface area contributed by atoms with Crippen LogP contribution in [0.5, 0.6) is 0 Å². The molecule has 1 N–H and O–H groups in total. The van der Waals surface area contributed by atoms with Crippen LogP contribution in [0.3, 0.4) is 0 Å². The van der Waals surface area contributed by atoms with Crippen molar-refractivity contribution in [3.8, 4) is 5.82 Å². The Morgan fingerprint density at radius 2 is 2.16 bits per heavy atom. The third-order valence-corrected chi connectivity index (χ3v) is 3.67. The van der Waals surface area contributed by atoms with E-state index in [-0.39, 0.29) is 31.0 Å². The first kappa shape index (κ1) is 16.6. The third-order valence-electron chi connectivity index (χ3n) is 3.67. The summed E-state index contributed by atoms with van der Waals surface area (Å²) in [6.45, 7) is 4.07. The highest BCUT2D eigenvalue weighted by Crippen LogP contribution is 2.12. The summed E-state index contributed by atoms with van der Waals surface area (Å²) in [4.78, 5) is 27.8. The van der Waals surface area contributed by atoms with E-state index in [4.69, 9.17) is 4.52 Å². The normalized spacial score (nSPS) is 10.8. The summed E-state index contributed by atoms with van der Waals surface area (Å²) in [6, 6.07) is 2.96. The van der Waals surface area contributed by atoms with E-state index in [1.54, 1.807) is 19.9 Å². The number of hydrogen-bond acceptors (Lipinski definition) is 7. The average molecular weight is 343 g/mol. The number of nitrogens with zero attached hydrogens (tertiary/aromatic N) is 6. The summed E-state index contributed by atoms with van der Waals surface area (Å²) in [5, 5.41) is 14.8. The SMILES string of the molecule is Cc1noc(C)c1CC(=O)NCCn1nc(-n2cncn2)ccc1=O. The average Bonchev–Trinajstić information content (AvgIpc) is 3.22. The van der Waals surface area contributed by atoms with Gasteiger partial charge in [-0.3, -0.25) is 9.59 Å². The van der Waals surface area contributed by atoms with E-state index in [1.807, 2.05) is 0 Å². The highest BCUT2D eigenvalue weighted by atomic mass is 16.5. The van der Waals surface area contributed by atoms with Gasteiger partial charge in [0.15, 0.2) is 5.82 Å². The van der Waals surface area contributed by atoms with Gasteiger partial charge in [-0.2, -0.15) is 5.10 Å². The van der Waals surface area contributed by atoms with Crippen molar-refractivity contribution in [3.05, 3.63) is 52.2 Å². The van der Waals surface area contributed by atoms with Gasteiger partial charge in [-0.25, -0.2) is 14.3 Å². The fourth-order valence-corrected chi connectivity index (χ4v) is 2.33. The molecule has 0 aliphatic carbocycles. The lowest BCUT2D eigenvalue weighted by Crippen LogP contribution is -2.33. The molecule has 3 heterocycles. The molecule has 0 aliphatic heterocycles. The minimum absolute atomic E-state index is 0.171. The molecule has 0 saturated carbocycles. The predicted octanol–water partition coefficient (Wildman–Crippen LogP) is -0.212. The second-order valence-electron chi connectivity index (χ2n) is 5.42. The fourth-order valence-electron chi connectivity index (χ4n) is 2.33. The Morgan fingerprint density at radius 3 is 2.84 bits per heavy atom. The van der Waals surface area contributed by atoms with Crippen molar-refractivity contribution in [2.45, 2.75) is 26.8 Å². The van der Waals surface area contributed by atoms with Crippen LogP contribution in [0.1, 0.15) is 17.0 Å². The molecule has 3 aromatic heterocycles. The van der Waals surface area contributed by atoms with Crippen LogP contribution in [0.2, 0.25) is 0 Å². The Balaban J connectivity index is 1.59. The molecule has 25 heavy (non-hydrogen) atoms. The van der Waals surface area contributed by atoms with Gasteiger partial charge < -0.3 is 9.84 Å². The van der Waals surface area contributed by atoms with Crippen molar-refractivity contribution >= 4 is 5.91 Å². The zero-order valence-electron chi connectivity index (χ0n) is 13.8. The lowest BCUT2D eigenvalue weighted by molar-refractivity contribution is -0.120. The van der Waals surface area contributed by atoms with Gasteiger partial charge in [-0.1, -0.05) is 5.16 Å². The van der Waals surface area contributed by atoms with Crippen LogP contribution in [0.15, 0.2) is 34.1 Å². The molecule has 10 nitrogen and oxygen atoms in total. The maximum atomic E-state index is 12.0. The first-order valence-corrected chi connectivity index (χ1v) is 7.66. The van der Waals surface area contributed by atoms with E-state index in [0.717, 1.165) is 5.56 Å². The summed E-state index contributed by atoms with van der Waals surface area (Å²) in [5.74, 6) is 0.931. The molecule has 0 saturated heterocycles. The molecule has 0 atom stereocenters. The molecule has 3 rings (SSSR count). The zero-order chi connectivity index (χ0) is 17.8. The molecular weight excluding hydrogens is 326 g/mol. The Labute approximate surface area is 142 Å². The molecule has 3 aromatic rings. The lowest BCUT2D eigenvalue weighted by atomic mass is 10.1. The van der Waals surface area contributed by atoms with Gasteiger partial charge >= 0.3 is 0 Å². The van der Waals surface area contributed by atoms with Crippen molar-refractivity contribution in [2.75, 3.05) is 6.54 Å². The van der Waals surface area contributed by atoms with Crippen molar-refractivity contribution in [1.29, 1.82) is 0 Å². The lowest BCUT2D eigenvalue weighted by Gasteiger charge is -2.08. The van der Waals surface area contributed by atoms with Gasteiger partial charge in [-0.15, -0.1) is 5.10 Å². The quantitative estimate of drug-likeness (QED) is 0.657. The van der Waals surface area contributed by atoms with E-state index in [2.05, 4.69) is 25.7 Å². The molecule has 0 aliphatic rings. The number of carbonyl (C=O) groups excluding carboxylic acids is 1. The Kier molecular flexibility index (Phi) is 4.68. The standard InChI is InChI=1S/C15H17N7O3/c1-10-12(11(2)25-20-10)7-14(23)17-5-6-21-15(24)4-3-13(19-21)22-9-16-8-18-22/h3-4,8-9H,5-7H2,1-2H3,(H,17,23). The van der Waals surface area contributed by atoms with Gasteiger partial charge in [0.2, 0.25) is 5.91 Å². The highest BCUT2D eigenvalue weighted by molar-refractivity contribution is 5.78. The van der Waals surface area contributed by atoms with Gasteiger partial charge in [-0.05, 0) is 19.9 Å². The molecule has 10 heteroatoms. The highest BCUT2D eigenvalue weighted by Gasteiger charge is 2.13. The van der Waals surface area contributed by atoms with Crippen molar-refractivity contribution < 1.29 is 9.32 Å². The number of aryl methyl sites for hydroxylation is 2. The van der Waals surface area contributed by atoms with Gasteiger partial charge in [0.1, 0.15) is 18.4 Å². The van der Waals surface area contributed by atoms with E-state index < -0.39 is 0 Å². The maximum Gasteiger partial charge on any atom is 0.266 e. The molecule has 0 radical (unpaired) electrons. The monoisotopic (exact) mass is 343 g/mol. The second kappa shape index (κ2) is 7.07. The summed E-state index contributed by atoms with van der Waals surface area (Å²) in [7, 11) is 0. The summed E-state index contributed by atoms with van der Waals surface area (Å²) in [6.07, 6.45) is 3.05. The molecule has 0 bridgehead atoms. The number of rotatable bonds is 6. The number of nitrogens with one attached hydrogen (secondary N) is 1. The number of amides is 1. The van der Waals surface area contributed by atoms with E-state index in [9.17, 15) is 9.59 Å². The van der Waals surface area contributed by atoms with Crippen LogP contribution in [0.4, 0.5) is 0 Å². The minimum Gasteiger partial charge on any atom is -0.361 e. The van der Waals surface area contributed by atoms with Crippen molar-refractivity contribution in [3.63, 3.8) is 0 Å². The zero-order valence-corrected chi connectivity index (χ0v) is 13.8.